The Morgan fingerprint density at radius 3 is 2.33 bits per heavy atom. The second-order valence-electron chi connectivity index (χ2n) is 3.53. The molecule has 0 spiro atoms. The zero-order chi connectivity index (χ0) is 13.2. The summed E-state index contributed by atoms with van der Waals surface area (Å²) in [6, 6.07) is 7.72. The van der Waals surface area contributed by atoms with Gasteiger partial charge in [0, 0.05) is 11.9 Å². The number of anilines is 2. The molecule has 3 N–H and O–H groups in total. The molecular formula is C11H10FN3O2S. The predicted molar refractivity (Wildman–Crippen MR) is 65.9 cm³/mol. The molecule has 18 heavy (non-hydrogen) atoms. The summed E-state index contributed by atoms with van der Waals surface area (Å²) in [6.07, 6.45) is 1.15. The first kappa shape index (κ1) is 12.3. The normalized spacial score (nSPS) is 11.2. The minimum absolute atomic E-state index is 0.0129. The van der Waals surface area contributed by atoms with E-state index >= 15 is 0 Å². The van der Waals surface area contributed by atoms with Crippen molar-refractivity contribution in [1.82, 2.24) is 4.98 Å². The van der Waals surface area contributed by atoms with Crippen molar-refractivity contribution < 1.29 is 12.8 Å². The van der Waals surface area contributed by atoms with E-state index in [1.54, 1.807) is 0 Å². The van der Waals surface area contributed by atoms with Crippen LogP contribution in [0.4, 0.5) is 15.9 Å². The number of rotatable bonds is 3. The summed E-state index contributed by atoms with van der Waals surface area (Å²) in [5.74, 6) is -0.206. The fraction of sp³-hybridized carbons (Fsp3) is 0. The first-order valence-electron chi connectivity index (χ1n) is 4.97. The maximum Gasteiger partial charge on any atom is 0.263 e. The Labute approximate surface area is 104 Å². The molecule has 0 saturated heterocycles. The lowest BCUT2D eigenvalue weighted by molar-refractivity contribution is 0.600. The Morgan fingerprint density at radius 2 is 1.78 bits per heavy atom. The predicted octanol–water partition coefficient (Wildman–Crippen LogP) is 1.60. The summed E-state index contributed by atoms with van der Waals surface area (Å²) in [7, 11) is -3.73. The van der Waals surface area contributed by atoms with Crippen LogP contribution >= 0.6 is 0 Å². The number of sulfonamides is 1. The number of aromatic nitrogens is 1. The average molecular weight is 267 g/mol. The summed E-state index contributed by atoms with van der Waals surface area (Å²) < 4.78 is 38.8. The van der Waals surface area contributed by atoms with E-state index in [2.05, 4.69) is 9.71 Å². The molecule has 0 saturated carbocycles. The summed E-state index contributed by atoms with van der Waals surface area (Å²) in [4.78, 5) is 3.69. The first-order valence-corrected chi connectivity index (χ1v) is 6.45. The van der Waals surface area contributed by atoms with Crippen molar-refractivity contribution in [2.24, 2.45) is 0 Å². The van der Waals surface area contributed by atoms with Gasteiger partial charge in [0.25, 0.3) is 10.0 Å². The molecule has 0 radical (unpaired) electrons. The van der Waals surface area contributed by atoms with Gasteiger partial charge in [-0.15, -0.1) is 0 Å². The van der Waals surface area contributed by atoms with E-state index < -0.39 is 15.8 Å². The molecule has 2 aromatic rings. The minimum Gasteiger partial charge on any atom is -0.384 e. The van der Waals surface area contributed by atoms with Crippen molar-refractivity contribution in [2.75, 3.05) is 10.5 Å². The van der Waals surface area contributed by atoms with Crippen LogP contribution in [0, 0.1) is 5.82 Å². The molecule has 2 rings (SSSR count). The maximum atomic E-state index is 12.7. The minimum atomic E-state index is -3.73. The molecule has 1 aromatic heterocycles. The van der Waals surface area contributed by atoms with Gasteiger partial charge in [-0.3, -0.25) is 4.72 Å². The third-order valence-corrected chi connectivity index (χ3v) is 3.53. The summed E-state index contributed by atoms with van der Waals surface area (Å²) in [5, 5.41) is 0. The maximum absolute atomic E-state index is 12.7. The number of pyridine rings is 1. The molecule has 0 fully saturated rings. The van der Waals surface area contributed by atoms with Crippen LogP contribution in [0.15, 0.2) is 47.5 Å². The lowest BCUT2D eigenvalue weighted by atomic mass is 10.3. The highest BCUT2D eigenvalue weighted by molar-refractivity contribution is 7.92. The molecule has 0 amide bonds. The fourth-order valence-corrected chi connectivity index (χ4v) is 2.29. The van der Waals surface area contributed by atoms with Gasteiger partial charge < -0.3 is 5.73 Å². The van der Waals surface area contributed by atoms with Gasteiger partial charge in [0.2, 0.25) is 0 Å². The van der Waals surface area contributed by atoms with Crippen LogP contribution in [-0.4, -0.2) is 13.4 Å². The first-order chi connectivity index (χ1) is 8.47. The zero-order valence-electron chi connectivity index (χ0n) is 9.17. The van der Waals surface area contributed by atoms with Crippen molar-refractivity contribution in [3.8, 4) is 0 Å². The van der Waals surface area contributed by atoms with Gasteiger partial charge in [-0.05, 0) is 36.4 Å². The van der Waals surface area contributed by atoms with Gasteiger partial charge in [0.1, 0.15) is 16.5 Å². The number of benzene rings is 1. The van der Waals surface area contributed by atoms with Crippen LogP contribution in [0.1, 0.15) is 0 Å². The van der Waals surface area contributed by atoms with E-state index in [9.17, 15) is 12.8 Å². The second kappa shape index (κ2) is 4.61. The van der Waals surface area contributed by atoms with Gasteiger partial charge in [-0.1, -0.05) is 0 Å². The molecule has 0 aliphatic heterocycles. The molecule has 0 unspecified atom stereocenters. The third kappa shape index (κ3) is 2.75. The number of nitrogens with zero attached hydrogens (tertiary/aromatic N) is 1. The molecule has 1 aromatic carbocycles. The smallest absolute Gasteiger partial charge is 0.263 e. The van der Waals surface area contributed by atoms with E-state index in [0.717, 1.165) is 6.20 Å². The second-order valence-corrected chi connectivity index (χ2v) is 5.21. The monoisotopic (exact) mass is 267 g/mol. The van der Waals surface area contributed by atoms with Crippen molar-refractivity contribution in [2.45, 2.75) is 4.90 Å². The van der Waals surface area contributed by atoms with Crippen molar-refractivity contribution in [3.05, 3.63) is 48.4 Å². The molecule has 0 atom stereocenters. The molecule has 94 valence electrons. The van der Waals surface area contributed by atoms with Gasteiger partial charge >= 0.3 is 0 Å². The molecule has 1 heterocycles. The van der Waals surface area contributed by atoms with E-state index in [1.165, 1.54) is 36.4 Å². The van der Waals surface area contributed by atoms with E-state index in [-0.39, 0.29) is 16.4 Å². The standard InChI is InChI=1S/C11H10FN3O2S/c12-8-1-3-9(4-2-8)15-18(16,17)10-5-6-11(13)14-7-10/h1-7,15H,(H2,13,14). The quantitative estimate of drug-likeness (QED) is 0.884. The van der Waals surface area contributed by atoms with Crippen LogP contribution in [0.5, 0.6) is 0 Å². The van der Waals surface area contributed by atoms with Crippen molar-refractivity contribution in [1.29, 1.82) is 0 Å². The van der Waals surface area contributed by atoms with E-state index in [1.807, 2.05) is 0 Å². The number of nitrogens with one attached hydrogen (secondary N) is 1. The lowest BCUT2D eigenvalue weighted by Gasteiger charge is -2.07. The zero-order valence-corrected chi connectivity index (χ0v) is 9.99. The van der Waals surface area contributed by atoms with Crippen LogP contribution in [-0.2, 0) is 10.0 Å². The van der Waals surface area contributed by atoms with Crippen LogP contribution in [0.25, 0.3) is 0 Å². The average Bonchev–Trinajstić information content (AvgIpc) is 2.32. The van der Waals surface area contributed by atoms with E-state index in [0.29, 0.717) is 0 Å². The van der Waals surface area contributed by atoms with Crippen LogP contribution in [0.3, 0.4) is 0 Å². The molecule has 5 nitrogen and oxygen atoms in total. The SMILES string of the molecule is Nc1ccc(S(=O)(=O)Nc2ccc(F)cc2)cn1. The van der Waals surface area contributed by atoms with Gasteiger partial charge in [-0.25, -0.2) is 17.8 Å². The Bertz CT molecular complexity index is 639. The lowest BCUT2D eigenvalue weighted by Crippen LogP contribution is -2.13. The van der Waals surface area contributed by atoms with Crippen molar-refractivity contribution >= 4 is 21.5 Å². The highest BCUT2D eigenvalue weighted by atomic mass is 32.2. The Kier molecular flexibility index (Phi) is 3.15. The van der Waals surface area contributed by atoms with Gasteiger partial charge in [-0.2, -0.15) is 0 Å². The molecule has 0 aliphatic rings. The Balaban J connectivity index is 2.27. The third-order valence-electron chi connectivity index (χ3n) is 2.17. The highest BCUT2D eigenvalue weighted by Crippen LogP contribution is 2.16. The van der Waals surface area contributed by atoms with Gasteiger partial charge in [0.15, 0.2) is 0 Å². The summed E-state index contributed by atoms with van der Waals surface area (Å²) >= 11 is 0. The van der Waals surface area contributed by atoms with Crippen LogP contribution in [0.2, 0.25) is 0 Å². The largest absolute Gasteiger partial charge is 0.384 e. The summed E-state index contributed by atoms with van der Waals surface area (Å²) in [6.45, 7) is 0. The number of halogens is 1. The van der Waals surface area contributed by atoms with Gasteiger partial charge in [0.05, 0.1) is 0 Å². The molecule has 0 bridgehead atoms. The molecule has 7 heteroatoms. The number of hydrogen-bond donors (Lipinski definition) is 2. The number of nitrogen functional groups attached to an aromatic ring is 1. The number of hydrogen-bond acceptors (Lipinski definition) is 4. The van der Waals surface area contributed by atoms with E-state index in [4.69, 9.17) is 5.73 Å². The number of nitrogens with two attached hydrogens (primary N) is 1. The molecular weight excluding hydrogens is 257 g/mol. The summed E-state index contributed by atoms with van der Waals surface area (Å²) in [5.41, 5.74) is 5.64. The molecule has 0 aliphatic carbocycles. The Hall–Kier alpha value is -2.15. The fourth-order valence-electron chi connectivity index (χ4n) is 1.28. The Morgan fingerprint density at radius 1 is 1.11 bits per heavy atom. The topological polar surface area (TPSA) is 85.1 Å². The van der Waals surface area contributed by atoms with Crippen molar-refractivity contribution in [3.63, 3.8) is 0 Å². The highest BCUT2D eigenvalue weighted by Gasteiger charge is 2.14. The van der Waals surface area contributed by atoms with Crippen LogP contribution < -0.4 is 10.5 Å².